The Hall–Kier alpha value is -2.26. The molecule has 2 aromatic rings. The molecule has 1 aliphatic carbocycles. The van der Waals surface area contributed by atoms with Gasteiger partial charge in [0.1, 0.15) is 5.92 Å². The molecule has 0 radical (unpaired) electrons. The zero-order valence-corrected chi connectivity index (χ0v) is 18.3. The predicted molar refractivity (Wildman–Crippen MR) is 118 cm³/mol. The van der Waals surface area contributed by atoms with Crippen molar-refractivity contribution in [2.75, 3.05) is 0 Å². The zero-order valence-electron chi connectivity index (χ0n) is 18.3. The third kappa shape index (κ3) is 2.98. The van der Waals surface area contributed by atoms with Crippen LogP contribution in [-0.2, 0) is 20.7 Å². The van der Waals surface area contributed by atoms with Gasteiger partial charge >= 0.3 is 0 Å². The summed E-state index contributed by atoms with van der Waals surface area (Å²) in [7, 11) is 0. The molecule has 0 spiro atoms. The van der Waals surface area contributed by atoms with Gasteiger partial charge in [-0.15, -0.1) is 0 Å². The van der Waals surface area contributed by atoms with Crippen molar-refractivity contribution in [1.82, 2.24) is 0 Å². The van der Waals surface area contributed by atoms with E-state index in [1.54, 1.807) is 0 Å². The van der Waals surface area contributed by atoms with Crippen molar-refractivity contribution in [3.05, 3.63) is 58.7 Å². The third-order valence-corrected chi connectivity index (χ3v) is 7.31. The maximum absolute atomic E-state index is 13.3. The van der Waals surface area contributed by atoms with Gasteiger partial charge in [0.2, 0.25) is 0 Å². The van der Waals surface area contributed by atoms with E-state index < -0.39 is 5.92 Å². The molecule has 0 aromatic heterocycles. The van der Waals surface area contributed by atoms with Crippen LogP contribution in [0, 0.1) is 31.6 Å². The lowest BCUT2D eigenvalue weighted by molar-refractivity contribution is -0.127. The normalized spacial score (nSPS) is 29.8. The second-order valence-corrected chi connectivity index (χ2v) is 9.90. The first-order chi connectivity index (χ1) is 14.3. The average molecular weight is 403 g/mol. The van der Waals surface area contributed by atoms with Crippen molar-refractivity contribution < 1.29 is 14.3 Å². The molecular weight excluding hydrogens is 372 g/mol. The molecule has 0 amide bonds. The number of benzene rings is 2. The fourth-order valence-corrected chi connectivity index (χ4v) is 6.11. The van der Waals surface area contributed by atoms with Crippen LogP contribution < -0.4 is 0 Å². The highest BCUT2D eigenvalue weighted by atomic mass is 16.5. The van der Waals surface area contributed by atoms with Gasteiger partial charge in [-0.05, 0) is 72.4 Å². The second kappa shape index (κ2) is 7.16. The lowest BCUT2D eigenvalue weighted by Gasteiger charge is -2.19. The molecule has 5 atom stereocenters. The van der Waals surface area contributed by atoms with E-state index in [1.807, 2.05) is 13.8 Å². The summed E-state index contributed by atoms with van der Waals surface area (Å²) >= 11 is 0. The number of ether oxygens (including phenoxy) is 1. The quantitative estimate of drug-likeness (QED) is 0.661. The van der Waals surface area contributed by atoms with Crippen LogP contribution in [-0.4, -0.2) is 23.8 Å². The van der Waals surface area contributed by atoms with E-state index in [0.29, 0.717) is 5.92 Å². The van der Waals surface area contributed by atoms with Crippen molar-refractivity contribution >= 4 is 11.6 Å². The van der Waals surface area contributed by atoms with E-state index in [1.165, 1.54) is 11.1 Å². The van der Waals surface area contributed by atoms with E-state index in [9.17, 15) is 9.59 Å². The highest BCUT2D eigenvalue weighted by Crippen LogP contribution is 2.53. The molecule has 2 aliphatic heterocycles. The number of ketones is 2. The van der Waals surface area contributed by atoms with Crippen LogP contribution in [0.1, 0.15) is 54.9 Å². The summed E-state index contributed by atoms with van der Waals surface area (Å²) < 4.78 is 5.89. The van der Waals surface area contributed by atoms with Gasteiger partial charge in [0.05, 0.1) is 24.0 Å². The zero-order chi connectivity index (χ0) is 21.2. The predicted octanol–water partition coefficient (Wildman–Crippen LogP) is 5.20. The van der Waals surface area contributed by atoms with Crippen LogP contribution in [0.3, 0.4) is 0 Å². The number of rotatable bonds is 4. The van der Waals surface area contributed by atoms with Crippen molar-refractivity contribution in [2.45, 2.75) is 65.1 Å². The summed E-state index contributed by atoms with van der Waals surface area (Å²) in [4.78, 5) is 26.5. The molecule has 2 heterocycles. The molecule has 2 aromatic carbocycles. The second-order valence-electron chi connectivity index (χ2n) is 9.90. The van der Waals surface area contributed by atoms with Gasteiger partial charge in [-0.25, -0.2) is 0 Å². The molecule has 156 valence electrons. The molecule has 3 aliphatic rings. The van der Waals surface area contributed by atoms with Crippen LogP contribution >= 0.6 is 0 Å². The molecule has 0 N–H and O–H groups in total. The Morgan fingerprint density at radius 1 is 0.867 bits per heavy atom. The Labute approximate surface area is 178 Å². The maximum atomic E-state index is 13.3. The number of hydrogen-bond acceptors (Lipinski definition) is 3. The van der Waals surface area contributed by atoms with Gasteiger partial charge in [0.15, 0.2) is 11.6 Å². The smallest absolute Gasteiger partial charge is 0.154 e. The number of carbonyl (C=O) groups excluding carboxylic acids is 2. The first-order valence-corrected chi connectivity index (χ1v) is 11.3. The highest BCUT2D eigenvalue weighted by Gasteiger charge is 2.63. The first-order valence-electron chi connectivity index (χ1n) is 11.3. The monoisotopic (exact) mass is 402 g/mol. The summed E-state index contributed by atoms with van der Waals surface area (Å²) in [6.45, 7) is 8.55. The number of Topliss-reactive ketones (excluding diaryl/α,β-unsaturated/α-hetero) is 2. The summed E-state index contributed by atoms with van der Waals surface area (Å²) in [5.74, 6) is -0.208. The van der Waals surface area contributed by atoms with Crippen molar-refractivity contribution in [2.24, 2.45) is 17.8 Å². The van der Waals surface area contributed by atoms with Crippen LogP contribution in [0.5, 0.6) is 0 Å². The molecule has 3 fully saturated rings. The maximum Gasteiger partial charge on any atom is 0.154 e. The van der Waals surface area contributed by atoms with Gasteiger partial charge in [0, 0.05) is 0 Å². The molecular formula is C27H30O3. The van der Waals surface area contributed by atoms with Crippen LogP contribution in [0.25, 0.3) is 11.1 Å². The van der Waals surface area contributed by atoms with Crippen LogP contribution in [0.4, 0.5) is 0 Å². The molecule has 30 heavy (non-hydrogen) atoms. The number of aryl methyl sites for hydroxylation is 2. The van der Waals surface area contributed by atoms with E-state index >= 15 is 0 Å². The fourth-order valence-electron chi connectivity index (χ4n) is 6.11. The summed E-state index contributed by atoms with van der Waals surface area (Å²) in [5, 5.41) is 0. The summed E-state index contributed by atoms with van der Waals surface area (Å²) in [6, 6.07) is 13.0. The van der Waals surface area contributed by atoms with Gasteiger partial charge in [-0.1, -0.05) is 50.2 Å². The van der Waals surface area contributed by atoms with E-state index in [-0.39, 0.29) is 35.6 Å². The molecule has 5 rings (SSSR count). The number of fused-ring (bicyclic) bond motifs is 5. The minimum Gasteiger partial charge on any atom is -0.373 e. The fraction of sp³-hybridized carbons (Fsp3) is 0.481. The minimum atomic E-state index is -0.602. The van der Waals surface area contributed by atoms with E-state index in [4.69, 9.17) is 4.74 Å². The Kier molecular flexibility index (Phi) is 4.70. The Morgan fingerprint density at radius 2 is 1.40 bits per heavy atom. The lowest BCUT2D eigenvalue weighted by Crippen LogP contribution is -2.29. The summed E-state index contributed by atoms with van der Waals surface area (Å²) in [6.07, 6.45) is 2.84. The van der Waals surface area contributed by atoms with Gasteiger partial charge < -0.3 is 4.74 Å². The molecule has 3 heteroatoms. The van der Waals surface area contributed by atoms with Gasteiger partial charge in [-0.2, -0.15) is 0 Å². The lowest BCUT2D eigenvalue weighted by atomic mass is 9.81. The van der Waals surface area contributed by atoms with Crippen LogP contribution in [0.15, 0.2) is 36.4 Å². The molecule has 2 bridgehead atoms. The Bertz CT molecular complexity index is 966. The van der Waals surface area contributed by atoms with Gasteiger partial charge in [0.25, 0.3) is 0 Å². The molecule has 1 saturated carbocycles. The van der Waals surface area contributed by atoms with Crippen LogP contribution in [0.2, 0.25) is 0 Å². The highest BCUT2D eigenvalue weighted by molar-refractivity contribution is 6.17. The average Bonchev–Trinajstić information content (AvgIpc) is 3.37. The van der Waals surface area contributed by atoms with Crippen molar-refractivity contribution in [3.8, 4) is 11.1 Å². The Balaban J connectivity index is 1.47. The minimum absolute atomic E-state index is 0.0364. The van der Waals surface area contributed by atoms with Crippen molar-refractivity contribution in [3.63, 3.8) is 0 Å². The molecule has 1 unspecified atom stereocenters. The standard InChI is InChI=1S/C27H30O3/c1-14(2)11-17-5-7-18(8-6-17)19-12-15(3)22(16(4)13-19)25-26(28)23-20-9-10-21(30-20)24(23)27(25)29/h5-8,12-14,20-21,23-25H,9-11H2,1-4H3/t20-,21+,23-,24+,25?. The first kappa shape index (κ1) is 19.7. The Morgan fingerprint density at radius 3 is 1.90 bits per heavy atom. The molecule has 2 saturated heterocycles. The largest absolute Gasteiger partial charge is 0.373 e. The number of hydrogen-bond donors (Lipinski definition) is 0. The summed E-state index contributed by atoms with van der Waals surface area (Å²) in [5.41, 5.74) is 6.68. The number of carbonyl (C=O) groups is 2. The van der Waals surface area contributed by atoms with Crippen molar-refractivity contribution in [1.29, 1.82) is 0 Å². The van der Waals surface area contributed by atoms with E-state index in [0.717, 1.165) is 41.5 Å². The van der Waals surface area contributed by atoms with E-state index in [2.05, 4.69) is 50.2 Å². The molecule has 3 nitrogen and oxygen atoms in total. The third-order valence-electron chi connectivity index (χ3n) is 7.31. The SMILES string of the molecule is Cc1cc(-c2ccc(CC(C)C)cc2)cc(C)c1C1C(=O)[C@@H]2[C@H](C1=O)[C@H]1CC[C@@H]2O1. The topological polar surface area (TPSA) is 43.4 Å². The van der Waals surface area contributed by atoms with Gasteiger partial charge in [-0.3, -0.25) is 9.59 Å².